The molecule has 0 aliphatic carbocycles. The predicted molar refractivity (Wildman–Crippen MR) is 113 cm³/mol. The Bertz CT molecular complexity index is 962. The molecular formula is C24H26N2O4. The van der Waals surface area contributed by atoms with Gasteiger partial charge in [-0.2, -0.15) is 0 Å². The molecule has 2 heterocycles. The van der Waals surface area contributed by atoms with E-state index in [-0.39, 0.29) is 12.0 Å². The first-order chi connectivity index (χ1) is 14.7. The molecule has 1 fully saturated rings. The lowest BCUT2D eigenvalue weighted by Crippen LogP contribution is -2.41. The Hall–Kier alpha value is -3.28. The lowest BCUT2D eigenvalue weighted by Gasteiger charge is -2.31. The van der Waals surface area contributed by atoms with Gasteiger partial charge in [0.1, 0.15) is 6.10 Å². The Morgan fingerprint density at radius 3 is 2.47 bits per heavy atom. The minimum atomic E-state index is -0.107. The first-order valence-corrected chi connectivity index (χ1v) is 10.3. The lowest BCUT2D eigenvalue weighted by atomic mass is 10.1. The summed E-state index contributed by atoms with van der Waals surface area (Å²) in [6.07, 6.45) is 3.20. The summed E-state index contributed by atoms with van der Waals surface area (Å²) in [6.45, 7) is 1.25. The van der Waals surface area contributed by atoms with Crippen molar-refractivity contribution in [2.75, 3.05) is 20.2 Å². The number of aryl methyl sites for hydroxylation is 2. The molecule has 0 spiro atoms. The fourth-order valence-electron chi connectivity index (χ4n) is 3.68. The molecule has 0 bridgehead atoms. The average molecular weight is 406 g/mol. The Labute approximate surface area is 176 Å². The van der Waals surface area contributed by atoms with Gasteiger partial charge in [-0.25, -0.2) is 0 Å². The van der Waals surface area contributed by atoms with Gasteiger partial charge in [0, 0.05) is 32.0 Å². The first-order valence-electron chi connectivity index (χ1n) is 10.3. The van der Waals surface area contributed by atoms with Gasteiger partial charge >= 0.3 is 0 Å². The van der Waals surface area contributed by atoms with Gasteiger partial charge in [-0.3, -0.25) is 4.79 Å². The third kappa shape index (κ3) is 4.82. The largest absolute Gasteiger partial charge is 0.493 e. The number of nitrogens with zero attached hydrogens (tertiary/aromatic N) is 2. The lowest BCUT2D eigenvalue weighted by molar-refractivity contribution is 0.0553. The second kappa shape index (κ2) is 9.48. The summed E-state index contributed by atoms with van der Waals surface area (Å²) < 4.78 is 16.8. The number of likely N-dealkylation sites (tertiary alicyclic amines) is 1. The van der Waals surface area contributed by atoms with Gasteiger partial charge < -0.3 is 18.9 Å². The zero-order chi connectivity index (χ0) is 20.8. The molecule has 1 aliphatic rings. The summed E-state index contributed by atoms with van der Waals surface area (Å²) in [5.41, 5.74) is 2.04. The van der Waals surface area contributed by atoms with Crippen LogP contribution in [0.25, 0.3) is 0 Å². The molecule has 156 valence electrons. The number of methoxy groups -OCH3 is 1. The quantitative estimate of drug-likeness (QED) is 0.590. The Balaban J connectivity index is 1.28. The summed E-state index contributed by atoms with van der Waals surface area (Å²) >= 11 is 0. The number of para-hydroxylation sites is 2. The van der Waals surface area contributed by atoms with E-state index in [0.717, 1.165) is 42.9 Å². The summed E-state index contributed by atoms with van der Waals surface area (Å²) in [7, 11) is 1.63. The van der Waals surface area contributed by atoms with E-state index in [4.69, 9.17) is 14.0 Å². The fraction of sp³-hybridized carbons (Fsp3) is 0.333. The third-order valence-corrected chi connectivity index (χ3v) is 5.37. The molecule has 30 heavy (non-hydrogen) atoms. The Kier molecular flexibility index (Phi) is 6.32. The maximum atomic E-state index is 12.8. The highest BCUT2D eigenvalue weighted by Gasteiger charge is 2.27. The molecule has 6 nitrogen and oxygen atoms in total. The maximum Gasteiger partial charge on any atom is 0.292 e. The van der Waals surface area contributed by atoms with Crippen LogP contribution < -0.4 is 9.47 Å². The van der Waals surface area contributed by atoms with Crippen molar-refractivity contribution in [1.82, 2.24) is 10.1 Å². The second-order valence-corrected chi connectivity index (χ2v) is 7.43. The predicted octanol–water partition coefficient (Wildman–Crippen LogP) is 4.15. The molecule has 1 aromatic heterocycles. The molecule has 2 aromatic carbocycles. The number of aromatic nitrogens is 1. The van der Waals surface area contributed by atoms with Crippen molar-refractivity contribution in [3.63, 3.8) is 0 Å². The van der Waals surface area contributed by atoms with Gasteiger partial charge in [0.25, 0.3) is 5.91 Å². The van der Waals surface area contributed by atoms with Crippen LogP contribution in [0.3, 0.4) is 0 Å². The van der Waals surface area contributed by atoms with Crippen LogP contribution in [0.15, 0.2) is 65.2 Å². The van der Waals surface area contributed by atoms with Crippen LogP contribution in [0, 0.1) is 0 Å². The normalized spacial score (nSPS) is 14.5. The van der Waals surface area contributed by atoms with Crippen LogP contribution in [0.1, 0.15) is 34.7 Å². The average Bonchev–Trinajstić information content (AvgIpc) is 3.28. The van der Waals surface area contributed by atoms with Gasteiger partial charge in [0.05, 0.1) is 12.8 Å². The van der Waals surface area contributed by atoms with Crippen molar-refractivity contribution in [1.29, 1.82) is 0 Å². The molecule has 1 amide bonds. The highest BCUT2D eigenvalue weighted by molar-refractivity contribution is 5.91. The van der Waals surface area contributed by atoms with Gasteiger partial charge in [-0.15, -0.1) is 0 Å². The van der Waals surface area contributed by atoms with Crippen molar-refractivity contribution in [3.8, 4) is 11.5 Å². The number of amides is 1. The summed E-state index contributed by atoms with van der Waals surface area (Å²) in [5, 5.41) is 4.08. The van der Waals surface area contributed by atoms with E-state index in [0.29, 0.717) is 18.8 Å². The fourth-order valence-corrected chi connectivity index (χ4v) is 3.68. The number of hydrogen-bond acceptors (Lipinski definition) is 5. The molecule has 4 rings (SSSR count). The number of rotatable bonds is 7. The van der Waals surface area contributed by atoms with E-state index in [1.54, 1.807) is 13.2 Å². The van der Waals surface area contributed by atoms with Crippen LogP contribution in [0.2, 0.25) is 0 Å². The minimum Gasteiger partial charge on any atom is -0.493 e. The van der Waals surface area contributed by atoms with Gasteiger partial charge in [0.15, 0.2) is 11.5 Å². The summed E-state index contributed by atoms with van der Waals surface area (Å²) in [6, 6.07) is 19.6. The van der Waals surface area contributed by atoms with Crippen molar-refractivity contribution in [2.45, 2.75) is 31.8 Å². The number of hydrogen-bond donors (Lipinski definition) is 0. The summed E-state index contributed by atoms with van der Waals surface area (Å²) in [5.74, 6) is 1.66. The molecule has 0 N–H and O–H groups in total. The van der Waals surface area contributed by atoms with E-state index in [9.17, 15) is 4.79 Å². The molecule has 0 atom stereocenters. The van der Waals surface area contributed by atoms with Gasteiger partial charge in [0.2, 0.25) is 5.76 Å². The van der Waals surface area contributed by atoms with Crippen molar-refractivity contribution in [3.05, 3.63) is 77.7 Å². The molecule has 1 saturated heterocycles. The van der Waals surface area contributed by atoms with E-state index in [1.807, 2.05) is 47.4 Å². The Morgan fingerprint density at radius 2 is 1.73 bits per heavy atom. The molecule has 0 saturated carbocycles. The van der Waals surface area contributed by atoms with Crippen LogP contribution in [0.4, 0.5) is 0 Å². The zero-order valence-electron chi connectivity index (χ0n) is 17.1. The highest BCUT2D eigenvalue weighted by Crippen LogP contribution is 2.29. The van der Waals surface area contributed by atoms with E-state index < -0.39 is 0 Å². The maximum absolute atomic E-state index is 12.8. The van der Waals surface area contributed by atoms with Crippen molar-refractivity contribution >= 4 is 5.91 Å². The van der Waals surface area contributed by atoms with E-state index in [1.165, 1.54) is 5.56 Å². The summed E-state index contributed by atoms with van der Waals surface area (Å²) in [4.78, 5) is 14.6. The number of piperidine rings is 1. The zero-order valence-corrected chi connectivity index (χ0v) is 17.1. The van der Waals surface area contributed by atoms with Crippen LogP contribution >= 0.6 is 0 Å². The molecule has 1 aliphatic heterocycles. The van der Waals surface area contributed by atoms with Crippen molar-refractivity contribution in [2.24, 2.45) is 0 Å². The van der Waals surface area contributed by atoms with E-state index in [2.05, 4.69) is 17.3 Å². The van der Waals surface area contributed by atoms with Gasteiger partial charge in [-0.05, 0) is 30.5 Å². The molecule has 6 heteroatoms. The SMILES string of the molecule is COc1ccccc1OC1CCN(C(=O)c2cc(CCc3ccccc3)no2)CC1. The van der Waals surface area contributed by atoms with Crippen molar-refractivity contribution < 1.29 is 18.8 Å². The molecule has 3 aromatic rings. The standard InChI is InChI=1S/C24H26N2O4/c1-28-21-9-5-6-10-22(21)29-20-13-15-26(16-14-20)24(27)23-17-19(25-30-23)12-11-18-7-3-2-4-8-18/h2-10,17,20H,11-16H2,1H3. The van der Waals surface area contributed by atoms with Crippen LogP contribution in [0.5, 0.6) is 11.5 Å². The van der Waals surface area contributed by atoms with Crippen LogP contribution in [-0.2, 0) is 12.8 Å². The molecule has 0 unspecified atom stereocenters. The third-order valence-electron chi connectivity index (χ3n) is 5.37. The molecule has 0 radical (unpaired) electrons. The second-order valence-electron chi connectivity index (χ2n) is 7.43. The Morgan fingerprint density at radius 1 is 1.03 bits per heavy atom. The number of benzene rings is 2. The highest BCUT2D eigenvalue weighted by atomic mass is 16.5. The number of carbonyl (C=O) groups is 1. The number of carbonyl (C=O) groups excluding carboxylic acids is 1. The smallest absolute Gasteiger partial charge is 0.292 e. The number of ether oxygens (including phenoxy) is 2. The first kappa shape index (κ1) is 20.0. The minimum absolute atomic E-state index is 0.0570. The topological polar surface area (TPSA) is 64.8 Å². The van der Waals surface area contributed by atoms with Crippen LogP contribution in [-0.4, -0.2) is 42.3 Å². The van der Waals surface area contributed by atoms with E-state index >= 15 is 0 Å². The van der Waals surface area contributed by atoms with Gasteiger partial charge in [-0.1, -0.05) is 47.6 Å². The molecular weight excluding hydrogens is 380 g/mol. The monoisotopic (exact) mass is 406 g/mol.